The molecule has 1 aliphatic carbocycles. The van der Waals surface area contributed by atoms with Crippen molar-refractivity contribution in [3.05, 3.63) is 29.8 Å². The summed E-state index contributed by atoms with van der Waals surface area (Å²) in [6, 6.07) is 7.96. The maximum absolute atomic E-state index is 12.5. The van der Waals surface area contributed by atoms with Crippen LogP contribution in [0.1, 0.15) is 57.9 Å². The van der Waals surface area contributed by atoms with Crippen LogP contribution in [-0.4, -0.2) is 11.9 Å². The summed E-state index contributed by atoms with van der Waals surface area (Å²) >= 11 is 0. The zero-order valence-corrected chi connectivity index (χ0v) is 13.4. The molecule has 1 aliphatic rings. The minimum Gasteiger partial charge on any atom is -0.399 e. The van der Waals surface area contributed by atoms with Gasteiger partial charge in [-0.15, -0.1) is 0 Å². The van der Waals surface area contributed by atoms with E-state index in [1.165, 1.54) is 19.3 Å². The van der Waals surface area contributed by atoms with Crippen molar-refractivity contribution in [1.82, 2.24) is 5.32 Å². The summed E-state index contributed by atoms with van der Waals surface area (Å²) in [5, 5.41) is 3.29. The summed E-state index contributed by atoms with van der Waals surface area (Å²) in [6.45, 7) is 6.48. The maximum Gasteiger partial charge on any atom is 0.227 e. The van der Waals surface area contributed by atoms with Gasteiger partial charge in [0, 0.05) is 11.7 Å². The van der Waals surface area contributed by atoms with Gasteiger partial charge in [0.2, 0.25) is 5.91 Å². The van der Waals surface area contributed by atoms with Crippen molar-refractivity contribution >= 4 is 11.6 Å². The van der Waals surface area contributed by atoms with Gasteiger partial charge in [-0.1, -0.05) is 38.8 Å². The third kappa shape index (κ3) is 3.99. The van der Waals surface area contributed by atoms with E-state index in [-0.39, 0.29) is 11.8 Å². The van der Waals surface area contributed by atoms with E-state index in [1.807, 2.05) is 31.2 Å². The Labute approximate surface area is 128 Å². The lowest BCUT2D eigenvalue weighted by atomic mass is 9.77. The Hall–Kier alpha value is -1.51. The van der Waals surface area contributed by atoms with Crippen molar-refractivity contribution in [2.45, 2.75) is 58.4 Å². The first-order valence-corrected chi connectivity index (χ1v) is 8.15. The molecule has 1 aromatic carbocycles. The first-order chi connectivity index (χ1) is 9.99. The summed E-state index contributed by atoms with van der Waals surface area (Å²) in [5.41, 5.74) is 7.51. The highest BCUT2D eigenvalue weighted by molar-refractivity contribution is 5.83. The monoisotopic (exact) mass is 288 g/mol. The average molecular weight is 288 g/mol. The molecule has 1 aromatic rings. The van der Waals surface area contributed by atoms with Gasteiger partial charge < -0.3 is 11.1 Å². The molecule has 1 amide bonds. The maximum atomic E-state index is 12.5. The van der Waals surface area contributed by atoms with Crippen LogP contribution in [0, 0.1) is 11.8 Å². The molecule has 1 saturated carbocycles. The van der Waals surface area contributed by atoms with E-state index in [2.05, 4.69) is 19.2 Å². The fourth-order valence-corrected chi connectivity index (χ4v) is 3.42. The van der Waals surface area contributed by atoms with E-state index in [0.29, 0.717) is 23.6 Å². The predicted octanol–water partition coefficient (Wildman–Crippen LogP) is 3.70. The molecule has 3 unspecified atom stereocenters. The van der Waals surface area contributed by atoms with Crippen LogP contribution >= 0.6 is 0 Å². The number of benzene rings is 1. The van der Waals surface area contributed by atoms with Crippen LogP contribution in [-0.2, 0) is 4.79 Å². The number of nitrogens with one attached hydrogen (secondary N) is 1. The summed E-state index contributed by atoms with van der Waals surface area (Å²) in [6.07, 6.45) is 4.86. The number of rotatable bonds is 4. The SMILES string of the molecule is CC(C(=O)NC1CCCCC1C(C)C)c1cccc(N)c1. The average Bonchev–Trinajstić information content (AvgIpc) is 2.46. The number of nitrogen functional groups attached to an aromatic ring is 1. The smallest absolute Gasteiger partial charge is 0.227 e. The van der Waals surface area contributed by atoms with Gasteiger partial charge >= 0.3 is 0 Å². The van der Waals surface area contributed by atoms with Crippen LogP contribution in [0.3, 0.4) is 0 Å². The molecule has 0 spiro atoms. The van der Waals surface area contributed by atoms with Crippen molar-refractivity contribution in [2.24, 2.45) is 11.8 Å². The quantitative estimate of drug-likeness (QED) is 0.830. The molecule has 0 heterocycles. The Morgan fingerprint density at radius 1 is 1.24 bits per heavy atom. The Morgan fingerprint density at radius 3 is 2.62 bits per heavy atom. The Kier molecular flexibility index (Phi) is 5.27. The summed E-state index contributed by atoms with van der Waals surface area (Å²) in [5.74, 6) is 1.20. The minimum atomic E-state index is -0.150. The molecule has 3 N–H and O–H groups in total. The number of carbonyl (C=O) groups excluding carboxylic acids is 1. The summed E-state index contributed by atoms with van der Waals surface area (Å²) in [7, 11) is 0. The van der Waals surface area contributed by atoms with Gasteiger partial charge in [-0.25, -0.2) is 0 Å². The third-order valence-electron chi connectivity index (χ3n) is 4.81. The van der Waals surface area contributed by atoms with E-state index in [9.17, 15) is 4.79 Å². The van der Waals surface area contributed by atoms with Crippen molar-refractivity contribution in [3.63, 3.8) is 0 Å². The molecule has 0 radical (unpaired) electrons. The molecule has 0 aliphatic heterocycles. The van der Waals surface area contributed by atoms with Crippen LogP contribution < -0.4 is 11.1 Å². The lowest BCUT2D eigenvalue weighted by Crippen LogP contribution is -2.45. The molecule has 1 fully saturated rings. The Bertz CT molecular complexity index is 484. The van der Waals surface area contributed by atoms with Gasteiger partial charge in [0.15, 0.2) is 0 Å². The zero-order valence-electron chi connectivity index (χ0n) is 13.4. The largest absolute Gasteiger partial charge is 0.399 e. The topological polar surface area (TPSA) is 55.1 Å². The number of amides is 1. The van der Waals surface area contributed by atoms with Crippen molar-refractivity contribution in [2.75, 3.05) is 5.73 Å². The normalized spacial score (nSPS) is 23.8. The molecule has 2 rings (SSSR count). The highest BCUT2D eigenvalue weighted by atomic mass is 16.1. The lowest BCUT2D eigenvalue weighted by molar-refractivity contribution is -0.123. The van der Waals surface area contributed by atoms with Crippen LogP contribution in [0.25, 0.3) is 0 Å². The summed E-state index contributed by atoms with van der Waals surface area (Å²) < 4.78 is 0. The van der Waals surface area contributed by atoms with Crippen LogP contribution in [0.15, 0.2) is 24.3 Å². The van der Waals surface area contributed by atoms with E-state index in [1.54, 1.807) is 0 Å². The van der Waals surface area contributed by atoms with E-state index in [4.69, 9.17) is 5.73 Å². The molecule has 0 saturated heterocycles. The highest BCUT2D eigenvalue weighted by Crippen LogP contribution is 2.30. The van der Waals surface area contributed by atoms with Gasteiger partial charge in [-0.05, 0) is 49.3 Å². The molecule has 3 heteroatoms. The van der Waals surface area contributed by atoms with Gasteiger partial charge in [0.1, 0.15) is 0 Å². The molecular formula is C18H28N2O. The predicted molar refractivity (Wildman–Crippen MR) is 88.0 cm³/mol. The summed E-state index contributed by atoms with van der Waals surface area (Å²) in [4.78, 5) is 12.5. The van der Waals surface area contributed by atoms with Crippen LogP contribution in [0.4, 0.5) is 5.69 Å². The van der Waals surface area contributed by atoms with Gasteiger partial charge in [-0.3, -0.25) is 4.79 Å². The van der Waals surface area contributed by atoms with Crippen molar-refractivity contribution in [1.29, 1.82) is 0 Å². The second-order valence-corrected chi connectivity index (χ2v) is 6.70. The van der Waals surface area contributed by atoms with Crippen molar-refractivity contribution in [3.8, 4) is 0 Å². The number of carbonyl (C=O) groups is 1. The van der Waals surface area contributed by atoms with E-state index in [0.717, 1.165) is 12.0 Å². The fraction of sp³-hybridized carbons (Fsp3) is 0.611. The lowest BCUT2D eigenvalue weighted by Gasteiger charge is -2.35. The molecule has 0 bridgehead atoms. The molecule has 21 heavy (non-hydrogen) atoms. The minimum absolute atomic E-state index is 0.123. The third-order valence-corrected chi connectivity index (χ3v) is 4.81. The standard InChI is InChI=1S/C18H28N2O/c1-12(2)16-9-4-5-10-17(16)20-18(21)13(3)14-7-6-8-15(19)11-14/h6-8,11-13,16-17H,4-5,9-10,19H2,1-3H3,(H,20,21). The first-order valence-electron chi connectivity index (χ1n) is 8.15. The van der Waals surface area contributed by atoms with Gasteiger partial charge in [0.05, 0.1) is 5.92 Å². The van der Waals surface area contributed by atoms with Crippen molar-refractivity contribution < 1.29 is 4.79 Å². The fourth-order valence-electron chi connectivity index (χ4n) is 3.42. The molecule has 3 atom stereocenters. The van der Waals surface area contributed by atoms with E-state index >= 15 is 0 Å². The molecular weight excluding hydrogens is 260 g/mol. The van der Waals surface area contributed by atoms with Crippen LogP contribution in [0.2, 0.25) is 0 Å². The van der Waals surface area contributed by atoms with Gasteiger partial charge in [0.25, 0.3) is 0 Å². The van der Waals surface area contributed by atoms with Gasteiger partial charge in [-0.2, -0.15) is 0 Å². The second-order valence-electron chi connectivity index (χ2n) is 6.70. The molecule has 116 valence electrons. The number of hydrogen-bond acceptors (Lipinski definition) is 2. The Balaban J connectivity index is 2.02. The Morgan fingerprint density at radius 2 is 1.95 bits per heavy atom. The first kappa shape index (κ1) is 15.9. The number of anilines is 1. The van der Waals surface area contributed by atoms with E-state index < -0.39 is 0 Å². The highest BCUT2D eigenvalue weighted by Gasteiger charge is 2.29. The molecule has 0 aromatic heterocycles. The second kappa shape index (κ2) is 6.97. The number of hydrogen-bond donors (Lipinski definition) is 2. The van der Waals surface area contributed by atoms with Crippen LogP contribution in [0.5, 0.6) is 0 Å². The number of nitrogens with two attached hydrogens (primary N) is 1. The molecule has 3 nitrogen and oxygen atoms in total. The zero-order chi connectivity index (χ0) is 15.4.